The third-order valence-corrected chi connectivity index (χ3v) is 12.2. The third-order valence-electron chi connectivity index (χ3n) is 12.2. The van der Waals surface area contributed by atoms with Gasteiger partial charge in [0.2, 0.25) is 0 Å². The first-order valence-electron chi connectivity index (χ1n) is 26.6. The molecule has 0 aliphatic heterocycles. The monoisotopic (exact) mass is 852 g/mol. The molecule has 60 heavy (non-hydrogen) atoms. The van der Waals surface area contributed by atoms with E-state index in [2.05, 4.69) is 42.4 Å². The lowest BCUT2D eigenvalue weighted by atomic mass is 10.1. The van der Waals surface area contributed by atoms with Gasteiger partial charge in [0.1, 0.15) is 13.2 Å². The number of aliphatic hydroxyl groups is 1. The molecule has 0 saturated carbocycles. The number of hydrogen-bond donors (Lipinski definition) is 1. The Hall–Kier alpha value is -1.22. The molecule has 0 aliphatic carbocycles. The smallest absolute Gasteiger partial charge is 0.305 e. The van der Waals surface area contributed by atoms with E-state index in [1.54, 1.807) is 0 Å². The number of rotatable bonds is 50. The summed E-state index contributed by atoms with van der Waals surface area (Å²) in [5.41, 5.74) is 0. The second-order valence-corrected chi connectivity index (χ2v) is 18.1. The van der Waals surface area contributed by atoms with Crippen LogP contribution in [0.2, 0.25) is 0 Å². The maximum absolute atomic E-state index is 12.4. The summed E-state index contributed by atoms with van der Waals surface area (Å²) in [6.45, 7) is 20.1. The van der Waals surface area contributed by atoms with E-state index in [0.29, 0.717) is 26.1 Å². The summed E-state index contributed by atoms with van der Waals surface area (Å²) >= 11 is 0. The van der Waals surface area contributed by atoms with Crippen LogP contribution in [0, 0.1) is 0 Å². The molecule has 0 heterocycles. The average molecular weight is 852 g/mol. The van der Waals surface area contributed by atoms with Crippen molar-refractivity contribution in [1.29, 1.82) is 0 Å². The third kappa shape index (κ3) is 43.4. The van der Waals surface area contributed by atoms with Gasteiger partial charge in [-0.25, -0.2) is 0 Å². The highest BCUT2D eigenvalue weighted by Gasteiger charge is 2.10. The first-order valence-corrected chi connectivity index (χ1v) is 26.6. The highest BCUT2D eigenvalue weighted by molar-refractivity contribution is 5.69. The zero-order valence-electron chi connectivity index (χ0n) is 40.9. The van der Waals surface area contributed by atoms with Gasteiger partial charge in [-0.2, -0.15) is 0 Å². The first kappa shape index (κ1) is 58.8. The number of esters is 2. The van der Waals surface area contributed by atoms with E-state index in [1.807, 2.05) is 0 Å². The van der Waals surface area contributed by atoms with Crippen molar-refractivity contribution < 1.29 is 24.2 Å². The van der Waals surface area contributed by atoms with Gasteiger partial charge in [0.15, 0.2) is 0 Å². The van der Waals surface area contributed by atoms with Crippen LogP contribution in [0.5, 0.6) is 0 Å². The Morgan fingerprint density at radius 2 is 0.550 bits per heavy atom. The topological polar surface area (TPSA) is 82.6 Å². The van der Waals surface area contributed by atoms with E-state index in [1.165, 1.54) is 167 Å². The van der Waals surface area contributed by atoms with Gasteiger partial charge < -0.3 is 19.5 Å². The zero-order valence-corrected chi connectivity index (χ0v) is 40.9. The van der Waals surface area contributed by atoms with E-state index in [9.17, 15) is 14.7 Å². The molecule has 0 aliphatic rings. The predicted octanol–water partition coefficient (Wildman–Crippen LogP) is 13.3. The molecule has 0 unspecified atom stereocenters. The van der Waals surface area contributed by atoms with Gasteiger partial charge in [-0.1, -0.05) is 169 Å². The van der Waals surface area contributed by atoms with E-state index >= 15 is 0 Å². The van der Waals surface area contributed by atoms with Crippen LogP contribution < -0.4 is 0 Å². The highest BCUT2D eigenvalue weighted by atomic mass is 16.5. The van der Waals surface area contributed by atoms with Crippen LogP contribution >= 0.6 is 0 Å². The summed E-state index contributed by atoms with van der Waals surface area (Å²) in [5.74, 6) is -0.0349. The fourth-order valence-corrected chi connectivity index (χ4v) is 8.20. The van der Waals surface area contributed by atoms with Crippen LogP contribution in [0.1, 0.15) is 246 Å². The molecule has 8 heteroatoms. The maximum Gasteiger partial charge on any atom is 0.305 e. The number of carbonyl (C=O) groups is 2. The molecule has 0 bridgehead atoms. The van der Waals surface area contributed by atoms with E-state index < -0.39 is 0 Å². The highest BCUT2D eigenvalue weighted by Crippen LogP contribution is 2.14. The number of aliphatic hydroxyl groups excluding tert-OH is 1. The van der Waals surface area contributed by atoms with Gasteiger partial charge >= 0.3 is 11.9 Å². The second-order valence-electron chi connectivity index (χ2n) is 18.1. The van der Waals surface area contributed by atoms with E-state index in [-0.39, 0.29) is 18.5 Å². The predicted molar refractivity (Wildman–Crippen MR) is 258 cm³/mol. The van der Waals surface area contributed by atoms with Crippen LogP contribution in [0.3, 0.4) is 0 Å². The Balaban J connectivity index is 4.00. The van der Waals surface area contributed by atoms with Crippen molar-refractivity contribution in [2.45, 2.75) is 246 Å². The SMILES string of the molecule is CCCCCCN(CCCCCC)CCOC(=O)CCCCCCCCCN(CCCCO)CCCCCCCCCC(=O)OCCN(CCCCCC)CCCCCC. The molecule has 0 rings (SSSR count). The van der Waals surface area contributed by atoms with E-state index in [4.69, 9.17) is 9.47 Å². The Labute approximate surface area is 374 Å². The van der Waals surface area contributed by atoms with Gasteiger partial charge in [0.05, 0.1) is 0 Å². The quantitative estimate of drug-likeness (QED) is 0.0479. The largest absolute Gasteiger partial charge is 0.464 e. The second kappa shape index (κ2) is 48.8. The lowest BCUT2D eigenvalue weighted by molar-refractivity contribution is -0.145. The molecule has 0 aromatic heterocycles. The number of carbonyl (C=O) groups excluding carboxylic acids is 2. The van der Waals surface area contributed by atoms with Crippen LogP contribution in [-0.4, -0.2) is 110 Å². The van der Waals surface area contributed by atoms with E-state index in [0.717, 1.165) is 97.4 Å². The summed E-state index contributed by atoms with van der Waals surface area (Å²) in [7, 11) is 0. The first-order chi connectivity index (χ1) is 29.5. The minimum absolute atomic E-state index is 0.0174. The molecule has 8 nitrogen and oxygen atoms in total. The minimum atomic E-state index is -0.0174. The molecule has 0 saturated heterocycles. The fourth-order valence-electron chi connectivity index (χ4n) is 8.20. The van der Waals surface area contributed by atoms with Crippen LogP contribution in [0.15, 0.2) is 0 Å². The fraction of sp³-hybridized carbons (Fsp3) is 0.962. The Bertz CT molecular complexity index is 789. The molecule has 0 amide bonds. The summed E-state index contributed by atoms with van der Waals surface area (Å²) in [4.78, 5) is 32.4. The van der Waals surface area contributed by atoms with Crippen molar-refractivity contribution in [2.24, 2.45) is 0 Å². The van der Waals surface area contributed by atoms with Crippen LogP contribution in [0.4, 0.5) is 0 Å². The molecule has 358 valence electrons. The summed E-state index contributed by atoms with van der Waals surface area (Å²) in [6, 6.07) is 0. The van der Waals surface area contributed by atoms with Gasteiger partial charge in [-0.3, -0.25) is 19.4 Å². The van der Waals surface area contributed by atoms with Crippen molar-refractivity contribution in [3.05, 3.63) is 0 Å². The Morgan fingerprint density at radius 3 is 0.833 bits per heavy atom. The zero-order chi connectivity index (χ0) is 43.8. The van der Waals surface area contributed by atoms with Gasteiger partial charge in [-0.05, 0) is 110 Å². The molecule has 0 aromatic rings. The van der Waals surface area contributed by atoms with Crippen LogP contribution in [0.25, 0.3) is 0 Å². The maximum atomic E-state index is 12.4. The van der Waals surface area contributed by atoms with Crippen molar-refractivity contribution in [3.8, 4) is 0 Å². The lowest BCUT2D eigenvalue weighted by Gasteiger charge is -2.22. The number of unbranched alkanes of at least 4 members (excludes halogenated alkanes) is 25. The van der Waals surface area contributed by atoms with Crippen molar-refractivity contribution >= 4 is 11.9 Å². The lowest BCUT2D eigenvalue weighted by Crippen LogP contribution is -2.30. The van der Waals surface area contributed by atoms with Crippen molar-refractivity contribution in [1.82, 2.24) is 14.7 Å². The summed E-state index contributed by atoms with van der Waals surface area (Å²) in [5, 5.41) is 9.31. The summed E-state index contributed by atoms with van der Waals surface area (Å²) < 4.78 is 11.3. The molecule has 1 N–H and O–H groups in total. The molecule has 0 spiro atoms. The van der Waals surface area contributed by atoms with Crippen molar-refractivity contribution in [2.75, 3.05) is 78.7 Å². The molecule has 0 aromatic carbocycles. The molecule has 0 fully saturated rings. The van der Waals surface area contributed by atoms with Gasteiger partial charge in [-0.15, -0.1) is 0 Å². The molecule has 0 atom stereocenters. The molecular weight excluding hydrogens is 747 g/mol. The normalized spacial score (nSPS) is 11.7. The van der Waals surface area contributed by atoms with Crippen LogP contribution in [-0.2, 0) is 19.1 Å². The summed E-state index contributed by atoms with van der Waals surface area (Å²) in [6.07, 6.45) is 40.3. The number of nitrogens with zero attached hydrogens (tertiary/aromatic N) is 3. The standard InChI is InChI=1S/C52H105N3O5/c1-5-9-13-29-41-54(42-30-14-10-6-2)46-49-59-51(57)37-27-23-19-17-21-25-33-39-53(45-35-36-48-56)40-34-26-22-18-20-24-28-38-52(58)60-50-47-55(43-31-15-11-7-3)44-32-16-12-8-4/h56H,5-50H2,1-4H3. The molecular formula is C52H105N3O5. The Kier molecular flexibility index (Phi) is 47.8. The van der Waals surface area contributed by atoms with Gasteiger partial charge in [0.25, 0.3) is 0 Å². The van der Waals surface area contributed by atoms with Gasteiger partial charge in [0, 0.05) is 32.5 Å². The van der Waals surface area contributed by atoms with Crippen molar-refractivity contribution in [3.63, 3.8) is 0 Å². The average Bonchev–Trinajstić information content (AvgIpc) is 3.24. The molecule has 0 radical (unpaired) electrons. The number of ether oxygens (including phenoxy) is 2. The minimum Gasteiger partial charge on any atom is -0.464 e. The Morgan fingerprint density at radius 1 is 0.317 bits per heavy atom. The number of hydrogen-bond acceptors (Lipinski definition) is 8.